The Balaban J connectivity index is 2.55. The minimum absolute atomic E-state index is 0.102. The summed E-state index contributed by atoms with van der Waals surface area (Å²) in [4.78, 5) is 0. The molecule has 0 spiro atoms. The molecule has 1 heterocycles. The Morgan fingerprint density at radius 1 is 1.79 bits per heavy atom. The van der Waals surface area contributed by atoms with Crippen LogP contribution in [-0.4, -0.2) is 23.9 Å². The number of guanidine groups is 1. The number of nitrogens with zero attached hydrogens (tertiary/aromatic N) is 1. The van der Waals surface area contributed by atoms with Crippen molar-refractivity contribution in [1.29, 1.82) is 5.41 Å². The fraction of sp³-hybridized carbons (Fsp3) is 0.778. The fourth-order valence-electron chi connectivity index (χ4n) is 1.45. The third-order valence-electron chi connectivity index (χ3n) is 2.50. The molecule has 0 aromatic rings. The fourth-order valence-corrected chi connectivity index (χ4v) is 1.45. The summed E-state index contributed by atoms with van der Waals surface area (Å²) in [5.41, 5.74) is 8.54. The number of ether oxygens (including phenoxy) is 1. The van der Waals surface area contributed by atoms with E-state index in [1.807, 2.05) is 0 Å². The van der Waals surface area contributed by atoms with E-state index in [0.717, 1.165) is 25.0 Å². The smallest absolute Gasteiger partial charge is 0.206 e. The Kier molecular flexibility index (Phi) is 3.46. The molecule has 0 aromatic carbocycles. The Hall–Kier alpha value is -1.10. The number of hydrogen-bond donors (Lipinski definition) is 3. The van der Waals surface area contributed by atoms with Gasteiger partial charge in [-0.05, 0) is 13.3 Å². The number of nitrogens with one attached hydrogen (secondary N) is 2. The second-order valence-electron chi connectivity index (χ2n) is 3.78. The van der Waals surface area contributed by atoms with Crippen molar-refractivity contribution in [3.63, 3.8) is 0 Å². The molecule has 1 aliphatic heterocycles. The molecular weight excluding hydrogens is 180 g/mol. The summed E-state index contributed by atoms with van der Waals surface area (Å²) < 4.78 is 5.66. The van der Waals surface area contributed by atoms with Crippen LogP contribution >= 0.6 is 0 Å². The molecule has 0 amide bonds. The maximum atomic E-state index is 6.98. The Morgan fingerprint density at radius 2 is 2.50 bits per heavy atom. The van der Waals surface area contributed by atoms with E-state index in [1.54, 1.807) is 0 Å². The van der Waals surface area contributed by atoms with Gasteiger partial charge in [0, 0.05) is 18.6 Å². The van der Waals surface area contributed by atoms with Gasteiger partial charge in [-0.15, -0.1) is 0 Å². The van der Waals surface area contributed by atoms with Crippen LogP contribution < -0.4 is 11.2 Å². The largest absolute Gasteiger partial charge is 0.375 e. The zero-order chi connectivity index (χ0) is 10.6. The standard InChI is InChI=1S/C9H18N4O/c1-3-9(2)6-7(4-5-14-9)12-13-8(10)11/h3-6H2,1-2H3,(H4,10,11,13). The minimum atomic E-state index is -0.123. The van der Waals surface area contributed by atoms with Gasteiger partial charge in [0.15, 0.2) is 0 Å². The van der Waals surface area contributed by atoms with E-state index < -0.39 is 0 Å². The molecule has 5 heteroatoms. The highest BCUT2D eigenvalue weighted by Crippen LogP contribution is 2.25. The highest BCUT2D eigenvalue weighted by Gasteiger charge is 2.29. The Labute approximate surface area is 84.2 Å². The highest BCUT2D eigenvalue weighted by atomic mass is 16.5. The predicted molar refractivity (Wildman–Crippen MR) is 56.4 cm³/mol. The summed E-state index contributed by atoms with van der Waals surface area (Å²) in [6, 6.07) is 0. The minimum Gasteiger partial charge on any atom is -0.375 e. The van der Waals surface area contributed by atoms with Crippen molar-refractivity contribution in [2.24, 2.45) is 10.8 Å². The molecule has 1 saturated heterocycles. The highest BCUT2D eigenvalue weighted by molar-refractivity contribution is 5.87. The first-order chi connectivity index (χ1) is 6.56. The number of hydrogen-bond acceptors (Lipinski definition) is 3. The SMILES string of the molecule is CCC1(C)CC(=NNC(=N)N)CCO1. The van der Waals surface area contributed by atoms with Crippen molar-refractivity contribution in [2.45, 2.75) is 38.7 Å². The van der Waals surface area contributed by atoms with Crippen LogP contribution in [0.15, 0.2) is 5.10 Å². The third-order valence-corrected chi connectivity index (χ3v) is 2.50. The van der Waals surface area contributed by atoms with Crippen LogP contribution in [0.25, 0.3) is 0 Å². The lowest BCUT2D eigenvalue weighted by Gasteiger charge is -2.33. The van der Waals surface area contributed by atoms with Gasteiger partial charge in [0.2, 0.25) is 5.96 Å². The van der Waals surface area contributed by atoms with E-state index >= 15 is 0 Å². The molecular formula is C9H18N4O. The van der Waals surface area contributed by atoms with Crippen molar-refractivity contribution in [1.82, 2.24) is 5.43 Å². The van der Waals surface area contributed by atoms with E-state index in [0.29, 0.717) is 6.61 Å². The summed E-state index contributed by atoms with van der Waals surface area (Å²) in [6.07, 6.45) is 2.59. The van der Waals surface area contributed by atoms with Gasteiger partial charge in [-0.2, -0.15) is 5.10 Å². The first kappa shape index (κ1) is 11.0. The summed E-state index contributed by atoms with van der Waals surface area (Å²) >= 11 is 0. The van der Waals surface area contributed by atoms with Crippen LogP contribution in [0.4, 0.5) is 0 Å². The van der Waals surface area contributed by atoms with Gasteiger partial charge < -0.3 is 10.5 Å². The van der Waals surface area contributed by atoms with Crippen molar-refractivity contribution >= 4 is 11.7 Å². The van der Waals surface area contributed by atoms with Crippen LogP contribution in [0.5, 0.6) is 0 Å². The van der Waals surface area contributed by atoms with Crippen molar-refractivity contribution in [2.75, 3.05) is 6.61 Å². The van der Waals surface area contributed by atoms with Gasteiger partial charge in [-0.3, -0.25) is 5.41 Å². The molecule has 0 radical (unpaired) electrons. The maximum Gasteiger partial charge on any atom is 0.206 e. The van der Waals surface area contributed by atoms with Gasteiger partial charge >= 0.3 is 0 Å². The quantitative estimate of drug-likeness (QED) is 0.349. The second-order valence-corrected chi connectivity index (χ2v) is 3.78. The molecule has 14 heavy (non-hydrogen) atoms. The van der Waals surface area contributed by atoms with Gasteiger partial charge in [0.25, 0.3) is 0 Å². The molecule has 0 bridgehead atoms. The first-order valence-electron chi connectivity index (χ1n) is 4.85. The lowest BCUT2D eigenvalue weighted by atomic mass is 9.92. The van der Waals surface area contributed by atoms with Crippen molar-refractivity contribution < 1.29 is 4.74 Å². The zero-order valence-corrected chi connectivity index (χ0v) is 8.76. The monoisotopic (exact) mass is 198 g/mol. The van der Waals surface area contributed by atoms with Crippen LogP contribution in [-0.2, 0) is 4.74 Å². The molecule has 80 valence electrons. The van der Waals surface area contributed by atoms with Gasteiger partial charge in [-0.25, -0.2) is 5.43 Å². The van der Waals surface area contributed by atoms with Crippen molar-refractivity contribution in [3.05, 3.63) is 0 Å². The van der Waals surface area contributed by atoms with E-state index in [1.165, 1.54) is 0 Å². The molecule has 0 aliphatic carbocycles. The molecule has 1 atom stereocenters. The number of hydrazone groups is 1. The topological polar surface area (TPSA) is 83.5 Å². The number of rotatable bonds is 2. The van der Waals surface area contributed by atoms with Gasteiger partial charge in [0.1, 0.15) is 0 Å². The van der Waals surface area contributed by atoms with Crippen LogP contribution in [0.1, 0.15) is 33.1 Å². The number of nitrogens with two attached hydrogens (primary N) is 1. The first-order valence-corrected chi connectivity index (χ1v) is 4.85. The van der Waals surface area contributed by atoms with E-state index in [-0.39, 0.29) is 11.6 Å². The van der Waals surface area contributed by atoms with E-state index in [9.17, 15) is 0 Å². The molecule has 1 aliphatic rings. The van der Waals surface area contributed by atoms with Gasteiger partial charge in [0.05, 0.1) is 12.2 Å². The predicted octanol–water partition coefficient (Wildman–Crippen LogP) is 0.805. The molecule has 1 fully saturated rings. The third kappa shape index (κ3) is 2.99. The van der Waals surface area contributed by atoms with Crippen LogP contribution in [0, 0.1) is 5.41 Å². The lowest BCUT2D eigenvalue weighted by Crippen LogP contribution is -2.38. The van der Waals surface area contributed by atoms with E-state index in [2.05, 4.69) is 24.4 Å². The second kappa shape index (κ2) is 4.41. The lowest BCUT2D eigenvalue weighted by molar-refractivity contribution is -0.0370. The molecule has 1 unspecified atom stereocenters. The summed E-state index contributed by atoms with van der Waals surface area (Å²) in [7, 11) is 0. The van der Waals surface area contributed by atoms with Crippen molar-refractivity contribution in [3.8, 4) is 0 Å². The summed E-state index contributed by atoms with van der Waals surface area (Å²) in [5.74, 6) is -0.123. The van der Waals surface area contributed by atoms with Crippen LogP contribution in [0.3, 0.4) is 0 Å². The summed E-state index contributed by atoms with van der Waals surface area (Å²) in [5, 5.41) is 11.0. The Morgan fingerprint density at radius 3 is 3.07 bits per heavy atom. The molecule has 1 rings (SSSR count). The average Bonchev–Trinajstić information content (AvgIpc) is 2.15. The molecule has 5 nitrogen and oxygen atoms in total. The summed E-state index contributed by atoms with van der Waals surface area (Å²) in [6.45, 7) is 4.87. The maximum absolute atomic E-state index is 6.98. The molecule has 0 saturated carbocycles. The van der Waals surface area contributed by atoms with E-state index in [4.69, 9.17) is 15.9 Å². The average molecular weight is 198 g/mol. The van der Waals surface area contributed by atoms with Gasteiger partial charge in [-0.1, -0.05) is 6.92 Å². The van der Waals surface area contributed by atoms with Crippen LogP contribution in [0.2, 0.25) is 0 Å². The zero-order valence-electron chi connectivity index (χ0n) is 8.76. The Bertz CT molecular complexity index is 251. The molecule has 0 aromatic heterocycles. The molecule has 4 N–H and O–H groups in total. The normalized spacial score (nSPS) is 30.3.